The second kappa shape index (κ2) is 8.43. The number of halogens is 1. The maximum absolute atomic E-state index is 13.2. The van der Waals surface area contributed by atoms with Crippen molar-refractivity contribution in [2.24, 2.45) is 0 Å². The van der Waals surface area contributed by atoms with E-state index in [-0.39, 0.29) is 11.4 Å². The third-order valence-electron chi connectivity index (χ3n) is 5.69. The zero-order valence-corrected chi connectivity index (χ0v) is 17.7. The normalized spacial score (nSPS) is 14.8. The Kier molecular flexibility index (Phi) is 5.32. The van der Waals surface area contributed by atoms with E-state index >= 15 is 0 Å². The first-order valence-corrected chi connectivity index (χ1v) is 10.5. The summed E-state index contributed by atoms with van der Waals surface area (Å²) in [6.45, 7) is 3.99. The van der Waals surface area contributed by atoms with Crippen LogP contribution in [0.5, 0.6) is 5.75 Å². The van der Waals surface area contributed by atoms with Crippen molar-refractivity contribution in [1.29, 1.82) is 0 Å². The molecular formula is C23H23FN6O2. The van der Waals surface area contributed by atoms with Gasteiger partial charge in [-0.15, -0.1) is 0 Å². The van der Waals surface area contributed by atoms with Crippen molar-refractivity contribution >= 4 is 11.5 Å². The van der Waals surface area contributed by atoms with E-state index in [1.54, 1.807) is 19.2 Å². The summed E-state index contributed by atoms with van der Waals surface area (Å²) in [5.74, 6) is 1.32. The van der Waals surface area contributed by atoms with Gasteiger partial charge < -0.3 is 9.64 Å². The van der Waals surface area contributed by atoms with Crippen molar-refractivity contribution in [3.05, 3.63) is 76.5 Å². The fourth-order valence-corrected chi connectivity index (χ4v) is 4.01. The number of ether oxygens (including phenoxy) is 1. The number of H-pyrrole nitrogens is 1. The maximum atomic E-state index is 13.2. The molecule has 0 amide bonds. The second-order valence-corrected chi connectivity index (χ2v) is 7.74. The van der Waals surface area contributed by atoms with Gasteiger partial charge in [-0.05, 0) is 36.4 Å². The largest absolute Gasteiger partial charge is 0.495 e. The average molecular weight is 434 g/mol. The average Bonchev–Trinajstić information content (AvgIpc) is 3.25. The molecule has 2 aromatic heterocycles. The predicted octanol–water partition coefficient (Wildman–Crippen LogP) is 2.55. The van der Waals surface area contributed by atoms with Gasteiger partial charge in [0.2, 0.25) is 0 Å². The van der Waals surface area contributed by atoms with Crippen LogP contribution in [0.2, 0.25) is 0 Å². The molecule has 0 spiro atoms. The molecule has 1 aliphatic heterocycles. The van der Waals surface area contributed by atoms with E-state index in [0.717, 1.165) is 37.6 Å². The number of hydrogen-bond acceptors (Lipinski definition) is 6. The fourth-order valence-electron chi connectivity index (χ4n) is 4.01. The lowest BCUT2D eigenvalue weighted by molar-refractivity contribution is 0.246. The fraction of sp³-hybridized carbons (Fsp3) is 0.261. The standard InChI is InChI=1S/C23H23FN6O2/c1-32-20-5-3-2-4-19(20)29-12-10-28(11-13-29)15-18-14-21(31)30-23(25-18)26-22(27-30)16-6-8-17(24)9-7-16/h2-9,14H,10-13,15H2,1H3,(H,25,26,27). The zero-order valence-electron chi connectivity index (χ0n) is 17.7. The lowest BCUT2D eigenvalue weighted by atomic mass is 10.2. The Bertz CT molecular complexity index is 1290. The molecule has 0 aliphatic carbocycles. The molecule has 0 radical (unpaired) electrons. The van der Waals surface area contributed by atoms with Gasteiger partial charge in [-0.1, -0.05) is 12.1 Å². The van der Waals surface area contributed by atoms with Crippen molar-refractivity contribution in [1.82, 2.24) is 24.5 Å². The number of aromatic amines is 1. The highest BCUT2D eigenvalue weighted by Gasteiger charge is 2.20. The molecule has 0 unspecified atom stereocenters. The van der Waals surface area contributed by atoms with E-state index in [0.29, 0.717) is 29.4 Å². The molecule has 1 aliphatic rings. The molecule has 0 atom stereocenters. The van der Waals surface area contributed by atoms with Crippen LogP contribution in [0.1, 0.15) is 5.69 Å². The first-order chi connectivity index (χ1) is 15.6. The molecular weight excluding hydrogens is 411 g/mol. The van der Waals surface area contributed by atoms with E-state index < -0.39 is 0 Å². The highest BCUT2D eigenvalue weighted by atomic mass is 19.1. The number of methoxy groups -OCH3 is 1. The molecule has 5 rings (SSSR count). The number of piperazine rings is 1. The van der Waals surface area contributed by atoms with Gasteiger partial charge in [-0.2, -0.15) is 9.50 Å². The van der Waals surface area contributed by atoms with E-state index in [2.05, 4.69) is 30.9 Å². The highest BCUT2D eigenvalue weighted by molar-refractivity contribution is 5.59. The van der Waals surface area contributed by atoms with Crippen LogP contribution < -0.4 is 15.2 Å². The van der Waals surface area contributed by atoms with Gasteiger partial charge in [0.25, 0.3) is 11.3 Å². The van der Waals surface area contributed by atoms with Gasteiger partial charge in [0.05, 0.1) is 18.5 Å². The lowest BCUT2D eigenvalue weighted by Gasteiger charge is -2.36. The molecule has 1 N–H and O–H groups in total. The van der Waals surface area contributed by atoms with Crippen LogP contribution in [0, 0.1) is 5.82 Å². The molecule has 1 fully saturated rings. The summed E-state index contributed by atoms with van der Waals surface area (Å²) in [5.41, 5.74) is 2.24. The Morgan fingerprint density at radius 1 is 1.03 bits per heavy atom. The van der Waals surface area contributed by atoms with E-state index in [1.165, 1.54) is 22.7 Å². The monoisotopic (exact) mass is 434 g/mol. The molecule has 3 heterocycles. The van der Waals surface area contributed by atoms with Gasteiger partial charge in [0, 0.05) is 44.4 Å². The summed E-state index contributed by atoms with van der Waals surface area (Å²) in [6, 6.07) is 15.5. The molecule has 4 aromatic rings. The molecule has 32 heavy (non-hydrogen) atoms. The van der Waals surface area contributed by atoms with Crippen molar-refractivity contribution in [3.8, 4) is 17.1 Å². The summed E-state index contributed by atoms with van der Waals surface area (Å²) >= 11 is 0. The third kappa shape index (κ3) is 3.94. The molecule has 1 saturated heterocycles. The summed E-state index contributed by atoms with van der Waals surface area (Å²) in [6.07, 6.45) is 0. The number of hydrogen-bond donors (Lipinski definition) is 1. The van der Waals surface area contributed by atoms with Crippen molar-refractivity contribution < 1.29 is 9.13 Å². The molecule has 8 nitrogen and oxygen atoms in total. The molecule has 0 saturated carbocycles. The van der Waals surface area contributed by atoms with Gasteiger partial charge in [0.1, 0.15) is 11.6 Å². The van der Waals surface area contributed by atoms with Gasteiger partial charge in [0.15, 0.2) is 5.82 Å². The smallest absolute Gasteiger partial charge is 0.274 e. The summed E-state index contributed by atoms with van der Waals surface area (Å²) in [7, 11) is 1.69. The number of rotatable bonds is 5. The van der Waals surface area contributed by atoms with Gasteiger partial charge in [-0.3, -0.25) is 14.8 Å². The number of fused-ring (bicyclic) bond motifs is 1. The van der Waals surface area contributed by atoms with Crippen LogP contribution in [0.3, 0.4) is 0 Å². The summed E-state index contributed by atoms with van der Waals surface area (Å²) in [4.78, 5) is 26.2. The number of anilines is 1. The van der Waals surface area contributed by atoms with Crippen LogP contribution in [-0.2, 0) is 6.54 Å². The third-order valence-corrected chi connectivity index (χ3v) is 5.69. The Hall–Kier alpha value is -3.72. The second-order valence-electron chi connectivity index (χ2n) is 7.74. The van der Waals surface area contributed by atoms with Crippen molar-refractivity contribution in [2.75, 3.05) is 38.2 Å². The number of nitrogens with zero attached hydrogens (tertiary/aromatic N) is 5. The first-order valence-electron chi connectivity index (χ1n) is 10.5. The summed E-state index contributed by atoms with van der Waals surface area (Å²) in [5, 5.41) is 2.94. The van der Waals surface area contributed by atoms with Crippen LogP contribution in [0.25, 0.3) is 17.2 Å². The predicted molar refractivity (Wildman–Crippen MR) is 119 cm³/mol. The Balaban J connectivity index is 1.30. The Labute approximate surface area is 183 Å². The van der Waals surface area contributed by atoms with Crippen LogP contribution in [-0.4, -0.2) is 57.8 Å². The van der Waals surface area contributed by atoms with Crippen LogP contribution in [0.15, 0.2) is 59.4 Å². The Morgan fingerprint density at radius 3 is 2.53 bits per heavy atom. The quantitative estimate of drug-likeness (QED) is 0.520. The molecule has 2 aromatic carbocycles. The van der Waals surface area contributed by atoms with Crippen molar-refractivity contribution in [2.45, 2.75) is 6.54 Å². The van der Waals surface area contributed by atoms with Gasteiger partial charge >= 0.3 is 0 Å². The number of aromatic nitrogens is 4. The minimum Gasteiger partial charge on any atom is -0.495 e. The molecule has 9 heteroatoms. The van der Waals surface area contributed by atoms with Crippen molar-refractivity contribution in [3.63, 3.8) is 0 Å². The summed E-state index contributed by atoms with van der Waals surface area (Å²) < 4.78 is 20.0. The van der Waals surface area contributed by atoms with E-state index in [4.69, 9.17) is 4.74 Å². The molecule has 0 bridgehead atoms. The first kappa shape index (κ1) is 20.2. The van der Waals surface area contributed by atoms with E-state index in [1.807, 2.05) is 18.2 Å². The minimum atomic E-state index is -0.326. The SMILES string of the molecule is COc1ccccc1N1CCN(Cc2cc(=O)n3[nH]c(-c4ccc(F)cc4)nc3n2)CC1. The number of benzene rings is 2. The van der Waals surface area contributed by atoms with Crippen LogP contribution >= 0.6 is 0 Å². The van der Waals surface area contributed by atoms with E-state index in [9.17, 15) is 9.18 Å². The zero-order chi connectivity index (χ0) is 22.1. The van der Waals surface area contributed by atoms with Crippen LogP contribution in [0.4, 0.5) is 10.1 Å². The minimum absolute atomic E-state index is 0.224. The Morgan fingerprint density at radius 2 is 1.78 bits per heavy atom. The number of nitrogens with one attached hydrogen (secondary N) is 1. The topological polar surface area (TPSA) is 78.8 Å². The highest BCUT2D eigenvalue weighted by Crippen LogP contribution is 2.28. The molecule has 164 valence electrons. The number of para-hydroxylation sites is 2. The maximum Gasteiger partial charge on any atom is 0.274 e. The lowest BCUT2D eigenvalue weighted by Crippen LogP contribution is -2.46. The van der Waals surface area contributed by atoms with Gasteiger partial charge in [-0.25, -0.2) is 9.37 Å².